The minimum absolute atomic E-state index is 0.0513. The molecular weight excluding hydrogens is 370 g/mol. The maximum Gasteiger partial charge on any atom is 0.234 e. The molecule has 0 spiro atoms. The van der Waals surface area contributed by atoms with Crippen LogP contribution in [-0.4, -0.2) is 39.5 Å². The van der Waals surface area contributed by atoms with E-state index < -0.39 is 0 Å². The molecule has 0 bridgehead atoms. The molecule has 3 aromatic rings. The number of carbonyl (C=O) groups excluding carboxylic acids is 1. The maximum absolute atomic E-state index is 12.4. The lowest BCUT2D eigenvalue weighted by molar-refractivity contribution is -0.113. The van der Waals surface area contributed by atoms with Gasteiger partial charge in [0, 0.05) is 30.2 Å². The van der Waals surface area contributed by atoms with E-state index in [1.165, 1.54) is 30.3 Å². The first-order valence-electron chi connectivity index (χ1n) is 9.44. The molecule has 1 aliphatic rings. The Bertz CT molecular complexity index is 950. The van der Waals surface area contributed by atoms with Crippen LogP contribution < -0.4 is 10.2 Å². The zero-order chi connectivity index (χ0) is 19.3. The molecule has 2 aromatic carbocycles. The molecule has 0 atom stereocenters. The minimum Gasteiger partial charge on any atom is -0.372 e. The number of para-hydroxylation sites is 1. The summed E-state index contributed by atoms with van der Waals surface area (Å²) in [5.74, 6) is 0.225. The van der Waals surface area contributed by atoms with Gasteiger partial charge in [-0.1, -0.05) is 30.0 Å². The molecule has 2 heterocycles. The zero-order valence-corrected chi connectivity index (χ0v) is 16.7. The van der Waals surface area contributed by atoms with Crippen LogP contribution in [0, 0.1) is 6.92 Å². The Morgan fingerprint density at radius 3 is 2.64 bits per heavy atom. The first kappa shape index (κ1) is 18.6. The van der Waals surface area contributed by atoms with Gasteiger partial charge in [0.2, 0.25) is 5.91 Å². The number of amides is 1. The van der Waals surface area contributed by atoms with Crippen LogP contribution in [-0.2, 0) is 4.79 Å². The molecule has 7 heteroatoms. The summed E-state index contributed by atoms with van der Waals surface area (Å²) in [5.41, 5.74) is 4.15. The average Bonchev–Trinajstić information content (AvgIpc) is 3.41. The van der Waals surface area contributed by atoms with Crippen LogP contribution in [0.5, 0.6) is 0 Å². The summed E-state index contributed by atoms with van der Waals surface area (Å²) >= 11 is 1.37. The van der Waals surface area contributed by atoms with Gasteiger partial charge in [-0.15, -0.1) is 10.2 Å². The quantitative estimate of drug-likeness (QED) is 0.644. The molecule has 28 heavy (non-hydrogen) atoms. The minimum atomic E-state index is -0.0513. The van der Waals surface area contributed by atoms with Crippen LogP contribution in [0.4, 0.5) is 11.4 Å². The largest absolute Gasteiger partial charge is 0.372 e. The second-order valence-corrected chi connectivity index (χ2v) is 7.79. The molecule has 0 saturated carbocycles. The molecule has 1 saturated heterocycles. The third-order valence-corrected chi connectivity index (χ3v) is 5.78. The Labute approximate surface area is 169 Å². The Balaban J connectivity index is 1.37. The third kappa shape index (κ3) is 4.20. The lowest BCUT2D eigenvalue weighted by atomic mass is 10.1. The molecule has 0 unspecified atom stereocenters. The smallest absolute Gasteiger partial charge is 0.234 e. The molecule has 1 fully saturated rings. The van der Waals surface area contributed by atoms with Crippen LogP contribution in [0.3, 0.4) is 0 Å². The van der Waals surface area contributed by atoms with Gasteiger partial charge in [0.15, 0.2) is 5.16 Å². The fourth-order valence-electron chi connectivity index (χ4n) is 3.37. The number of nitrogens with zero attached hydrogens (tertiary/aromatic N) is 4. The summed E-state index contributed by atoms with van der Waals surface area (Å²) in [7, 11) is 0. The molecule has 1 aliphatic heterocycles. The van der Waals surface area contributed by atoms with Gasteiger partial charge in [-0.3, -0.25) is 9.36 Å². The molecule has 6 nitrogen and oxygen atoms in total. The summed E-state index contributed by atoms with van der Waals surface area (Å²) in [6, 6.07) is 16.1. The highest BCUT2D eigenvalue weighted by atomic mass is 32.2. The van der Waals surface area contributed by atoms with Gasteiger partial charge >= 0.3 is 0 Å². The Kier molecular flexibility index (Phi) is 5.62. The number of anilines is 2. The van der Waals surface area contributed by atoms with Crippen molar-refractivity contribution >= 4 is 29.0 Å². The van der Waals surface area contributed by atoms with Crippen molar-refractivity contribution in [1.82, 2.24) is 14.8 Å². The van der Waals surface area contributed by atoms with E-state index in [2.05, 4.69) is 32.5 Å². The monoisotopic (exact) mass is 393 g/mol. The van der Waals surface area contributed by atoms with Gasteiger partial charge < -0.3 is 10.2 Å². The van der Waals surface area contributed by atoms with Crippen molar-refractivity contribution in [2.45, 2.75) is 24.9 Å². The average molecular weight is 394 g/mol. The van der Waals surface area contributed by atoms with Crippen LogP contribution in [0.15, 0.2) is 60.0 Å². The Morgan fingerprint density at radius 2 is 1.89 bits per heavy atom. The van der Waals surface area contributed by atoms with Crippen molar-refractivity contribution in [3.05, 3.63) is 60.4 Å². The fourth-order valence-corrected chi connectivity index (χ4v) is 4.09. The topological polar surface area (TPSA) is 63.1 Å². The second kappa shape index (κ2) is 8.48. The first-order valence-corrected chi connectivity index (χ1v) is 10.4. The number of nitrogens with one attached hydrogen (secondary N) is 1. The number of aryl methyl sites for hydroxylation is 1. The summed E-state index contributed by atoms with van der Waals surface area (Å²) in [4.78, 5) is 14.8. The summed E-state index contributed by atoms with van der Waals surface area (Å²) in [6.45, 7) is 4.27. The van der Waals surface area contributed by atoms with E-state index >= 15 is 0 Å². The number of rotatable bonds is 6. The second-order valence-electron chi connectivity index (χ2n) is 6.85. The van der Waals surface area contributed by atoms with E-state index in [1.807, 2.05) is 47.9 Å². The highest BCUT2D eigenvalue weighted by molar-refractivity contribution is 7.99. The lowest BCUT2D eigenvalue weighted by Gasteiger charge is -2.19. The Hall–Kier alpha value is -2.80. The van der Waals surface area contributed by atoms with Crippen LogP contribution in [0.2, 0.25) is 0 Å². The number of hydrogen-bond donors (Lipinski definition) is 1. The predicted octanol–water partition coefficient (Wildman–Crippen LogP) is 3.91. The third-order valence-electron chi connectivity index (χ3n) is 4.84. The molecule has 1 N–H and O–H groups in total. The van der Waals surface area contributed by atoms with E-state index in [4.69, 9.17) is 0 Å². The van der Waals surface area contributed by atoms with Gasteiger partial charge in [0.1, 0.15) is 6.33 Å². The van der Waals surface area contributed by atoms with Crippen molar-refractivity contribution in [2.75, 3.05) is 29.1 Å². The predicted molar refractivity (Wildman–Crippen MR) is 113 cm³/mol. The normalized spacial score (nSPS) is 13.7. The van der Waals surface area contributed by atoms with Gasteiger partial charge in [-0.2, -0.15) is 0 Å². The number of benzene rings is 2. The van der Waals surface area contributed by atoms with Crippen molar-refractivity contribution < 1.29 is 4.79 Å². The van der Waals surface area contributed by atoms with Crippen molar-refractivity contribution in [3.63, 3.8) is 0 Å². The molecule has 0 radical (unpaired) electrons. The first-order chi connectivity index (χ1) is 13.7. The number of carbonyl (C=O) groups is 1. The van der Waals surface area contributed by atoms with E-state index in [9.17, 15) is 4.79 Å². The molecule has 1 aromatic heterocycles. The SMILES string of the molecule is Cc1cc(N2CCCC2)ccc1NC(=O)CSc1nncn1-c1ccccc1. The maximum atomic E-state index is 12.4. The van der Waals surface area contributed by atoms with E-state index in [0.29, 0.717) is 5.16 Å². The number of hydrogen-bond acceptors (Lipinski definition) is 5. The standard InChI is InChI=1S/C21H23N5OS/c1-16-13-18(25-11-5-6-12-25)9-10-19(16)23-20(27)14-28-21-24-22-15-26(21)17-7-3-2-4-8-17/h2-4,7-10,13,15H,5-6,11-12,14H2,1H3,(H,23,27). The van der Waals surface area contributed by atoms with Gasteiger partial charge in [0.25, 0.3) is 0 Å². The Morgan fingerprint density at radius 1 is 1.11 bits per heavy atom. The molecule has 1 amide bonds. The molecule has 4 rings (SSSR count). The molecule has 0 aliphatic carbocycles. The van der Waals surface area contributed by atoms with E-state index in [0.717, 1.165) is 30.0 Å². The van der Waals surface area contributed by atoms with Crippen LogP contribution >= 0.6 is 11.8 Å². The van der Waals surface area contributed by atoms with Crippen molar-refractivity contribution in [3.8, 4) is 5.69 Å². The summed E-state index contributed by atoms with van der Waals surface area (Å²) < 4.78 is 1.88. The summed E-state index contributed by atoms with van der Waals surface area (Å²) in [5, 5.41) is 11.8. The van der Waals surface area contributed by atoms with E-state index in [1.54, 1.807) is 6.33 Å². The van der Waals surface area contributed by atoms with Crippen molar-refractivity contribution in [1.29, 1.82) is 0 Å². The van der Waals surface area contributed by atoms with E-state index in [-0.39, 0.29) is 11.7 Å². The summed E-state index contributed by atoms with van der Waals surface area (Å²) in [6.07, 6.45) is 4.17. The fraction of sp³-hybridized carbons (Fsp3) is 0.286. The molecular formula is C21H23N5OS. The highest BCUT2D eigenvalue weighted by Gasteiger charge is 2.14. The highest BCUT2D eigenvalue weighted by Crippen LogP contribution is 2.26. The van der Waals surface area contributed by atoms with Gasteiger partial charge in [-0.25, -0.2) is 0 Å². The number of thioether (sulfide) groups is 1. The van der Waals surface area contributed by atoms with Gasteiger partial charge in [0.05, 0.1) is 5.75 Å². The molecule has 144 valence electrons. The van der Waals surface area contributed by atoms with Crippen LogP contribution in [0.25, 0.3) is 5.69 Å². The van der Waals surface area contributed by atoms with Crippen LogP contribution in [0.1, 0.15) is 18.4 Å². The lowest BCUT2D eigenvalue weighted by Crippen LogP contribution is -2.18. The number of aromatic nitrogens is 3. The van der Waals surface area contributed by atoms with Crippen molar-refractivity contribution in [2.24, 2.45) is 0 Å². The zero-order valence-electron chi connectivity index (χ0n) is 15.8. The van der Waals surface area contributed by atoms with Gasteiger partial charge in [-0.05, 0) is 55.7 Å².